The van der Waals surface area contributed by atoms with Crippen molar-refractivity contribution < 1.29 is 18.7 Å². The fourth-order valence-corrected chi connectivity index (χ4v) is 4.83. The SMILES string of the molecule is C[C@@H](Nc1ncnc2c1C=C(C1=CCN(C(=O)OC(C)(C)C)CC1)C1OC1N2C)c1cccc(CF)c1. The smallest absolute Gasteiger partial charge is 0.410 e. The number of alkyl halides is 1. The molecule has 0 spiro atoms. The fraction of sp³-hybridized carbons (Fsp3) is 0.464. The van der Waals surface area contributed by atoms with Crippen molar-refractivity contribution in [2.75, 3.05) is 30.4 Å². The third-order valence-corrected chi connectivity index (χ3v) is 6.84. The number of nitrogens with zero attached hydrogens (tertiary/aromatic N) is 4. The zero-order valence-electron chi connectivity index (χ0n) is 22.0. The number of benzene rings is 1. The van der Waals surface area contributed by atoms with Gasteiger partial charge in [-0.2, -0.15) is 0 Å². The maximum Gasteiger partial charge on any atom is 0.410 e. The highest BCUT2D eigenvalue weighted by Gasteiger charge is 2.49. The van der Waals surface area contributed by atoms with Crippen LogP contribution in [0.25, 0.3) is 6.08 Å². The highest BCUT2D eigenvalue weighted by atomic mass is 19.1. The Bertz CT molecular complexity index is 1250. The molecule has 9 heteroatoms. The van der Waals surface area contributed by atoms with Gasteiger partial charge >= 0.3 is 6.09 Å². The van der Waals surface area contributed by atoms with E-state index in [1.807, 2.05) is 57.8 Å². The monoisotopic (exact) mass is 507 g/mol. The van der Waals surface area contributed by atoms with Crippen LogP contribution < -0.4 is 10.2 Å². The van der Waals surface area contributed by atoms with Gasteiger partial charge in [-0.05, 0) is 62.5 Å². The maximum absolute atomic E-state index is 13.2. The van der Waals surface area contributed by atoms with Gasteiger partial charge < -0.3 is 24.6 Å². The molecule has 196 valence electrons. The largest absolute Gasteiger partial charge is 0.444 e. The molecule has 3 aliphatic heterocycles. The third kappa shape index (κ3) is 5.32. The van der Waals surface area contributed by atoms with Gasteiger partial charge in [-0.25, -0.2) is 19.2 Å². The highest BCUT2D eigenvalue weighted by molar-refractivity contribution is 5.80. The second-order valence-electron chi connectivity index (χ2n) is 10.8. The van der Waals surface area contributed by atoms with Gasteiger partial charge in [0, 0.05) is 26.2 Å². The molecule has 1 saturated heterocycles. The molecule has 2 unspecified atom stereocenters. The molecule has 0 radical (unpaired) electrons. The summed E-state index contributed by atoms with van der Waals surface area (Å²) in [6, 6.07) is 7.42. The van der Waals surface area contributed by atoms with Crippen LogP contribution in [0.1, 0.15) is 56.8 Å². The van der Waals surface area contributed by atoms with Crippen LogP contribution in [0.3, 0.4) is 0 Å². The van der Waals surface area contributed by atoms with E-state index in [1.54, 1.807) is 17.3 Å². The quantitative estimate of drug-likeness (QED) is 0.554. The van der Waals surface area contributed by atoms with Crippen LogP contribution >= 0.6 is 0 Å². The topological polar surface area (TPSA) is 83.1 Å². The van der Waals surface area contributed by atoms with Crippen LogP contribution in [0.2, 0.25) is 0 Å². The van der Waals surface area contributed by atoms with Crippen molar-refractivity contribution in [3.05, 3.63) is 64.5 Å². The zero-order chi connectivity index (χ0) is 26.3. The first-order chi connectivity index (χ1) is 17.6. The Morgan fingerprint density at radius 2 is 2.14 bits per heavy atom. The average molecular weight is 508 g/mol. The summed E-state index contributed by atoms with van der Waals surface area (Å²) in [6.45, 7) is 8.22. The van der Waals surface area contributed by atoms with E-state index in [4.69, 9.17) is 9.47 Å². The molecular weight excluding hydrogens is 473 g/mol. The lowest BCUT2D eigenvalue weighted by Gasteiger charge is -2.30. The maximum atomic E-state index is 13.2. The van der Waals surface area contributed by atoms with E-state index in [2.05, 4.69) is 27.4 Å². The second-order valence-corrected chi connectivity index (χ2v) is 10.8. The number of halogens is 1. The Morgan fingerprint density at radius 1 is 1.32 bits per heavy atom. The van der Waals surface area contributed by atoms with Crippen molar-refractivity contribution >= 4 is 23.8 Å². The predicted octanol–water partition coefficient (Wildman–Crippen LogP) is 5.24. The number of hydrogen-bond donors (Lipinski definition) is 1. The molecular formula is C28H34FN5O3. The molecule has 0 aliphatic carbocycles. The van der Waals surface area contributed by atoms with E-state index < -0.39 is 12.3 Å². The van der Waals surface area contributed by atoms with E-state index in [0.717, 1.165) is 28.1 Å². The summed E-state index contributed by atoms with van der Waals surface area (Å²) < 4.78 is 24.8. The highest BCUT2D eigenvalue weighted by Crippen LogP contribution is 2.45. The Kier molecular flexibility index (Phi) is 6.66. The van der Waals surface area contributed by atoms with Crippen LogP contribution in [0.5, 0.6) is 0 Å². The number of aromatic nitrogens is 2. The lowest BCUT2D eigenvalue weighted by molar-refractivity contribution is 0.0266. The summed E-state index contributed by atoms with van der Waals surface area (Å²) in [5.41, 5.74) is 4.24. The minimum Gasteiger partial charge on any atom is -0.444 e. The van der Waals surface area contributed by atoms with Gasteiger partial charge in [0.05, 0.1) is 5.56 Å². The molecule has 1 aromatic heterocycles. The summed E-state index contributed by atoms with van der Waals surface area (Å²) in [6.07, 6.45) is 6.01. The molecule has 4 heterocycles. The van der Waals surface area contributed by atoms with Crippen molar-refractivity contribution in [2.24, 2.45) is 0 Å². The number of likely N-dealkylation sites (N-methyl/N-ethyl adjacent to an activating group) is 1. The molecule has 1 amide bonds. The number of epoxide rings is 1. The number of fused-ring (bicyclic) bond motifs is 2. The molecule has 3 atom stereocenters. The van der Waals surface area contributed by atoms with Crippen LogP contribution in [0.15, 0.2) is 47.8 Å². The van der Waals surface area contributed by atoms with Crippen molar-refractivity contribution in [2.45, 2.75) is 64.8 Å². The Morgan fingerprint density at radius 3 is 2.84 bits per heavy atom. The molecule has 0 bridgehead atoms. The molecule has 1 fully saturated rings. The molecule has 3 aliphatic rings. The normalized spacial score (nSPS) is 21.7. The molecule has 37 heavy (non-hydrogen) atoms. The van der Waals surface area contributed by atoms with E-state index in [0.29, 0.717) is 30.9 Å². The van der Waals surface area contributed by atoms with Gasteiger partial charge in [-0.3, -0.25) is 0 Å². The first-order valence-electron chi connectivity index (χ1n) is 12.7. The number of amides is 1. The van der Waals surface area contributed by atoms with E-state index >= 15 is 0 Å². The van der Waals surface area contributed by atoms with Crippen molar-refractivity contribution in [3.63, 3.8) is 0 Å². The third-order valence-electron chi connectivity index (χ3n) is 6.84. The van der Waals surface area contributed by atoms with Gasteiger partial charge in [0.1, 0.15) is 36.3 Å². The van der Waals surface area contributed by atoms with Crippen molar-refractivity contribution in [1.29, 1.82) is 0 Å². The number of rotatable bonds is 5. The fourth-order valence-electron chi connectivity index (χ4n) is 4.83. The van der Waals surface area contributed by atoms with Gasteiger partial charge in [-0.15, -0.1) is 0 Å². The predicted molar refractivity (Wildman–Crippen MR) is 141 cm³/mol. The second kappa shape index (κ2) is 9.78. The first-order valence-corrected chi connectivity index (χ1v) is 12.7. The lowest BCUT2D eigenvalue weighted by atomic mass is 9.95. The minimum absolute atomic E-state index is 0.0648. The number of hydrogen-bond acceptors (Lipinski definition) is 7. The van der Waals surface area contributed by atoms with Crippen LogP contribution in [-0.2, 0) is 16.1 Å². The van der Waals surface area contributed by atoms with Gasteiger partial charge in [0.25, 0.3) is 0 Å². The summed E-state index contributed by atoms with van der Waals surface area (Å²) in [5, 5.41) is 3.51. The number of anilines is 2. The van der Waals surface area contributed by atoms with Crippen molar-refractivity contribution in [3.8, 4) is 0 Å². The van der Waals surface area contributed by atoms with Crippen LogP contribution in [0, 0.1) is 0 Å². The van der Waals surface area contributed by atoms with Crippen molar-refractivity contribution in [1.82, 2.24) is 14.9 Å². The molecule has 2 aromatic rings. The zero-order valence-corrected chi connectivity index (χ0v) is 22.0. The number of ether oxygens (including phenoxy) is 2. The van der Waals surface area contributed by atoms with E-state index in [9.17, 15) is 9.18 Å². The standard InChI is InChI=1S/C28H34FN5O3/c1-17(20-8-6-7-18(13-20)15-29)32-24-22-14-21(23-26(36-23)33(5)25(22)31-16-30-24)19-9-11-34(12-10-19)27(35)37-28(2,3)4/h6-9,13-14,16-17,23,26H,10-12,15H2,1-5H3,(H,30,31,32)/t17-,23?,26?/m1/s1. The van der Waals surface area contributed by atoms with E-state index in [1.165, 1.54) is 0 Å². The summed E-state index contributed by atoms with van der Waals surface area (Å²) in [7, 11) is 1.98. The van der Waals surface area contributed by atoms with Crippen LogP contribution in [-0.4, -0.2) is 59.0 Å². The molecule has 1 N–H and O–H groups in total. The molecule has 5 rings (SSSR count). The van der Waals surface area contributed by atoms with Gasteiger partial charge in [0.15, 0.2) is 6.23 Å². The summed E-state index contributed by atoms with van der Waals surface area (Å²) in [5.74, 6) is 1.50. The molecule has 8 nitrogen and oxygen atoms in total. The number of carbonyl (C=O) groups is 1. The van der Waals surface area contributed by atoms with Gasteiger partial charge in [-0.1, -0.05) is 30.3 Å². The molecule has 1 aromatic carbocycles. The average Bonchev–Trinajstić information content (AvgIpc) is 3.68. The minimum atomic E-state index is -0.526. The van der Waals surface area contributed by atoms with E-state index in [-0.39, 0.29) is 24.5 Å². The number of nitrogens with one attached hydrogen (secondary N) is 1. The summed E-state index contributed by atoms with van der Waals surface area (Å²) >= 11 is 0. The molecule has 0 saturated carbocycles. The Labute approximate surface area is 217 Å². The summed E-state index contributed by atoms with van der Waals surface area (Å²) in [4.78, 5) is 25.4. The lowest BCUT2D eigenvalue weighted by Crippen LogP contribution is -2.39. The Hall–Kier alpha value is -3.46. The number of carbonyl (C=O) groups excluding carboxylic acids is 1. The first kappa shape index (κ1) is 25.2. The van der Waals surface area contributed by atoms with Gasteiger partial charge in [0.2, 0.25) is 0 Å². The Balaban J connectivity index is 1.42. The van der Waals surface area contributed by atoms with Crippen LogP contribution in [0.4, 0.5) is 20.8 Å².